The van der Waals surface area contributed by atoms with Gasteiger partial charge in [-0.25, -0.2) is 0 Å². The molecule has 0 amide bonds. The number of aliphatic hydroxyl groups is 1. The molecular formula is C7H14O3. The van der Waals surface area contributed by atoms with Crippen LogP contribution in [0.25, 0.3) is 0 Å². The van der Waals surface area contributed by atoms with Gasteiger partial charge in [-0.3, -0.25) is 4.79 Å². The van der Waals surface area contributed by atoms with E-state index in [0.29, 0.717) is 12.8 Å². The molecule has 0 aromatic carbocycles. The summed E-state index contributed by atoms with van der Waals surface area (Å²) in [7, 11) is 0. The Labute approximate surface area is 60.7 Å². The van der Waals surface area contributed by atoms with E-state index in [1.165, 1.54) is 0 Å². The van der Waals surface area contributed by atoms with Crippen molar-refractivity contribution in [2.24, 2.45) is 5.92 Å². The Kier molecular flexibility index (Phi) is 4.94. The van der Waals surface area contributed by atoms with E-state index < -0.39 is 5.97 Å². The number of hydrogen-bond acceptors (Lipinski definition) is 2. The zero-order valence-corrected chi connectivity index (χ0v) is 6.21. The van der Waals surface area contributed by atoms with Crippen LogP contribution in [-0.4, -0.2) is 22.8 Å². The maximum atomic E-state index is 10.4. The van der Waals surface area contributed by atoms with Crippen molar-refractivity contribution in [1.29, 1.82) is 0 Å². The number of carboxylic acid groups (broad SMARTS) is 1. The highest BCUT2D eigenvalue weighted by Gasteiger charge is 2.14. The van der Waals surface area contributed by atoms with Gasteiger partial charge in [0.05, 0.1) is 5.92 Å². The fraction of sp³-hybridized carbons (Fsp3) is 0.857. The van der Waals surface area contributed by atoms with Crippen LogP contribution in [-0.2, 0) is 4.79 Å². The summed E-state index contributed by atoms with van der Waals surface area (Å²) in [6, 6.07) is 0. The van der Waals surface area contributed by atoms with Crippen molar-refractivity contribution in [2.45, 2.75) is 26.2 Å². The molecule has 0 rings (SSSR count). The van der Waals surface area contributed by atoms with Gasteiger partial charge in [0, 0.05) is 6.61 Å². The highest BCUT2D eigenvalue weighted by Crippen LogP contribution is 2.09. The van der Waals surface area contributed by atoms with E-state index in [4.69, 9.17) is 10.2 Å². The van der Waals surface area contributed by atoms with Gasteiger partial charge in [0.1, 0.15) is 0 Å². The smallest absolute Gasteiger partial charge is 0.306 e. The third-order valence-electron chi connectivity index (χ3n) is 1.46. The van der Waals surface area contributed by atoms with Gasteiger partial charge < -0.3 is 10.2 Å². The van der Waals surface area contributed by atoms with Crippen LogP contribution in [0, 0.1) is 5.92 Å². The van der Waals surface area contributed by atoms with E-state index in [9.17, 15) is 4.79 Å². The molecule has 0 fully saturated rings. The fourth-order valence-corrected chi connectivity index (χ4v) is 0.896. The molecule has 0 aliphatic heterocycles. The Morgan fingerprint density at radius 1 is 1.50 bits per heavy atom. The fourth-order valence-electron chi connectivity index (χ4n) is 0.896. The molecule has 2 N–H and O–H groups in total. The maximum Gasteiger partial charge on any atom is 0.306 e. The lowest BCUT2D eigenvalue weighted by atomic mass is 10.0. The van der Waals surface area contributed by atoms with Crippen molar-refractivity contribution in [1.82, 2.24) is 0 Å². The van der Waals surface area contributed by atoms with E-state index in [1.807, 2.05) is 6.92 Å². The van der Waals surface area contributed by atoms with Crippen LogP contribution in [0.15, 0.2) is 0 Å². The van der Waals surface area contributed by atoms with Crippen LogP contribution in [0.1, 0.15) is 26.2 Å². The number of carboxylic acids is 1. The zero-order valence-electron chi connectivity index (χ0n) is 6.21. The van der Waals surface area contributed by atoms with Crippen LogP contribution in [0.3, 0.4) is 0 Å². The van der Waals surface area contributed by atoms with E-state index in [-0.39, 0.29) is 12.5 Å². The van der Waals surface area contributed by atoms with Crippen LogP contribution in [0.5, 0.6) is 0 Å². The number of rotatable bonds is 5. The summed E-state index contributed by atoms with van der Waals surface area (Å²) in [6.45, 7) is 1.91. The molecule has 0 saturated heterocycles. The quantitative estimate of drug-likeness (QED) is 0.605. The molecule has 0 spiro atoms. The van der Waals surface area contributed by atoms with Gasteiger partial charge in [0.2, 0.25) is 0 Å². The standard InChI is InChI=1S/C7H14O3/c1-2-3-6(4-5-8)7(9)10/h6,8H,2-5H2,1H3,(H,9,10). The predicted octanol–water partition coefficient (Wildman–Crippen LogP) is 0.870. The van der Waals surface area contributed by atoms with Crippen LogP contribution in [0.2, 0.25) is 0 Å². The first-order valence-corrected chi connectivity index (χ1v) is 3.56. The summed E-state index contributed by atoms with van der Waals surface area (Å²) in [6.07, 6.45) is 1.90. The number of carbonyl (C=O) groups is 1. The molecule has 0 aromatic heterocycles. The third-order valence-corrected chi connectivity index (χ3v) is 1.46. The van der Waals surface area contributed by atoms with E-state index in [1.54, 1.807) is 0 Å². The summed E-state index contributed by atoms with van der Waals surface area (Å²) in [5, 5.41) is 17.0. The molecule has 1 unspecified atom stereocenters. The molecule has 0 bridgehead atoms. The van der Waals surface area contributed by atoms with Crippen molar-refractivity contribution >= 4 is 5.97 Å². The average molecular weight is 146 g/mol. The lowest BCUT2D eigenvalue weighted by molar-refractivity contribution is -0.142. The topological polar surface area (TPSA) is 57.5 Å². The van der Waals surface area contributed by atoms with E-state index in [2.05, 4.69) is 0 Å². The van der Waals surface area contributed by atoms with Crippen molar-refractivity contribution in [3.8, 4) is 0 Å². The van der Waals surface area contributed by atoms with Crippen molar-refractivity contribution < 1.29 is 15.0 Å². The maximum absolute atomic E-state index is 10.4. The molecule has 3 heteroatoms. The second kappa shape index (κ2) is 5.23. The molecule has 0 aromatic rings. The van der Waals surface area contributed by atoms with Gasteiger partial charge in [-0.2, -0.15) is 0 Å². The molecule has 10 heavy (non-hydrogen) atoms. The lowest BCUT2D eigenvalue weighted by Crippen LogP contribution is -2.14. The third kappa shape index (κ3) is 3.45. The summed E-state index contributed by atoms with van der Waals surface area (Å²) in [5.41, 5.74) is 0. The molecule has 0 saturated carbocycles. The van der Waals surface area contributed by atoms with Gasteiger partial charge in [0.25, 0.3) is 0 Å². The molecule has 0 radical (unpaired) electrons. The summed E-state index contributed by atoms with van der Waals surface area (Å²) >= 11 is 0. The van der Waals surface area contributed by atoms with Crippen molar-refractivity contribution in [2.75, 3.05) is 6.61 Å². The van der Waals surface area contributed by atoms with Gasteiger partial charge in [-0.05, 0) is 12.8 Å². The molecule has 0 heterocycles. The monoisotopic (exact) mass is 146 g/mol. The van der Waals surface area contributed by atoms with Gasteiger partial charge >= 0.3 is 5.97 Å². The summed E-state index contributed by atoms with van der Waals surface area (Å²) in [4.78, 5) is 10.4. The van der Waals surface area contributed by atoms with Crippen molar-refractivity contribution in [3.63, 3.8) is 0 Å². The Morgan fingerprint density at radius 2 is 2.10 bits per heavy atom. The number of aliphatic carboxylic acids is 1. The first kappa shape index (κ1) is 9.43. The number of aliphatic hydroxyl groups excluding tert-OH is 1. The first-order chi connectivity index (χ1) is 4.72. The first-order valence-electron chi connectivity index (χ1n) is 3.56. The van der Waals surface area contributed by atoms with Gasteiger partial charge in [-0.1, -0.05) is 13.3 Å². The molecule has 0 aliphatic carbocycles. The highest BCUT2D eigenvalue weighted by molar-refractivity contribution is 5.69. The minimum Gasteiger partial charge on any atom is -0.481 e. The Morgan fingerprint density at radius 3 is 2.40 bits per heavy atom. The molecule has 1 atom stereocenters. The molecule has 60 valence electrons. The van der Waals surface area contributed by atoms with E-state index in [0.717, 1.165) is 6.42 Å². The highest BCUT2D eigenvalue weighted by atomic mass is 16.4. The SMILES string of the molecule is CCCC(CCO)C(=O)O. The normalized spacial score (nSPS) is 13.0. The minimum absolute atomic E-state index is 0.0308. The Hall–Kier alpha value is -0.570. The Bertz CT molecular complexity index is 95.0. The van der Waals surface area contributed by atoms with Crippen LogP contribution >= 0.6 is 0 Å². The minimum atomic E-state index is -0.795. The Balaban J connectivity index is 3.61. The second-order valence-electron chi connectivity index (χ2n) is 2.34. The van der Waals surface area contributed by atoms with Crippen molar-refractivity contribution in [3.05, 3.63) is 0 Å². The lowest BCUT2D eigenvalue weighted by Gasteiger charge is -2.07. The van der Waals surface area contributed by atoms with Crippen LogP contribution in [0.4, 0.5) is 0 Å². The van der Waals surface area contributed by atoms with E-state index >= 15 is 0 Å². The van der Waals surface area contributed by atoms with Gasteiger partial charge in [-0.15, -0.1) is 0 Å². The second-order valence-corrected chi connectivity index (χ2v) is 2.34. The predicted molar refractivity (Wildman–Crippen MR) is 37.7 cm³/mol. The largest absolute Gasteiger partial charge is 0.481 e. The van der Waals surface area contributed by atoms with Crippen LogP contribution < -0.4 is 0 Å². The molecule has 0 aliphatic rings. The molecular weight excluding hydrogens is 132 g/mol. The average Bonchev–Trinajstić information content (AvgIpc) is 1.87. The zero-order chi connectivity index (χ0) is 7.98. The van der Waals surface area contributed by atoms with Gasteiger partial charge in [0.15, 0.2) is 0 Å². The molecule has 3 nitrogen and oxygen atoms in total. The number of hydrogen-bond donors (Lipinski definition) is 2. The summed E-state index contributed by atoms with van der Waals surface area (Å²) in [5.74, 6) is -1.15. The summed E-state index contributed by atoms with van der Waals surface area (Å²) < 4.78 is 0.